The van der Waals surface area contributed by atoms with Gasteiger partial charge in [-0.3, -0.25) is 9.59 Å². The highest BCUT2D eigenvalue weighted by atomic mass is 19.4. The van der Waals surface area contributed by atoms with Gasteiger partial charge >= 0.3 is 12.1 Å². The van der Waals surface area contributed by atoms with Crippen molar-refractivity contribution in [3.8, 4) is 0 Å². The third kappa shape index (κ3) is 2.38. The van der Waals surface area contributed by atoms with Crippen LogP contribution in [0.3, 0.4) is 0 Å². The van der Waals surface area contributed by atoms with Crippen molar-refractivity contribution < 1.29 is 27.9 Å². The van der Waals surface area contributed by atoms with E-state index in [2.05, 4.69) is 0 Å². The van der Waals surface area contributed by atoms with Gasteiger partial charge in [-0.25, -0.2) is 0 Å². The molecular formula is C13H16F3NO3. The van der Waals surface area contributed by atoms with Crippen LogP contribution in [0, 0.1) is 29.6 Å². The number of amides is 1. The summed E-state index contributed by atoms with van der Waals surface area (Å²) in [6.45, 7) is -0.820. The Morgan fingerprint density at radius 3 is 2.20 bits per heavy atom. The predicted octanol–water partition coefficient (Wildman–Crippen LogP) is 1.75. The molecule has 3 rings (SSSR count). The zero-order valence-electron chi connectivity index (χ0n) is 10.8. The number of carbonyl (C=O) groups excluding carboxylic acids is 1. The Balaban J connectivity index is 1.66. The average Bonchev–Trinajstić information content (AvgIpc) is 3.20. The van der Waals surface area contributed by atoms with Gasteiger partial charge in [0.1, 0.15) is 0 Å². The van der Waals surface area contributed by atoms with Gasteiger partial charge in [0.25, 0.3) is 0 Å². The van der Waals surface area contributed by atoms with Crippen LogP contribution in [0.5, 0.6) is 0 Å². The maximum Gasteiger partial charge on any atom is 0.394 e. The largest absolute Gasteiger partial charge is 0.481 e. The van der Waals surface area contributed by atoms with E-state index in [-0.39, 0.29) is 18.4 Å². The Labute approximate surface area is 113 Å². The van der Waals surface area contributed by atoms with Crippen molar-refractivity contribution in [2.45, 2.75) is 25.4 Å². The van der Waals surface area contributed by atoms with Crippen LogP contribution < -0.4 is 0 Å². The molecule has 20 heavy (non-hydrogen) atoms. The summed E-state index contributed by atoms with van der Waals surface area (Å²) in [4.78, 5) is 24.2. The number of carboxylic acids is 1. The second kappa shape index (κ2) is 4.36. The summed E-state index contributed by atoms with van der Waals surface area (Å²) in [6.07, 6.45) is -1.60. The summed E-state index contributed by atoms with van der Waals surface area (Å²) in [5.41, 5.74) is 0. The summed E-state index contributed by atoms with van der Waals surface area (Å²) in [5.74, 6) is -4.49. The van der Waals surface area contributed by atoms with Crippen LogP contribution in [0.1, 0.15) is 19.3 Å². The molecule has 0 spiro atoms. The van der Waals surface area contributed by atoms with E-state index in [1.807, 2.05) is 0 Å². The highest BCUT2D eigenvalue weighted by molar-refractivity contribution is 5.83. The number of carbonyl (C=O) groups is 2. The van der Waals surface area contributed by atoms with Crippen molar-refractivity contribution >= 4 is 11.9 Å². The maximum absolute atomic E-state index is 12.8. The lowest BCUT2D eigenvalue weighted by atomic mass is 9.96. The minimum Gasteiger partial charge on any atom is -0.481 e. The normalized spacial score (nSPS) is 37.0. The van der Waals surface area contributed by atoms with Crippen molar-refractivity contribution in [2.24, 2.45) is 29.6 Å². The SMILES string of the molecule is O=C(O)[C@@H]1CN(C(=O)C2CC2C2CC2)C[C@H]1C(F)(F)F. The summed E-state index contributed by atoms with van der Waals surface area (Å²) < 4.78 is 38.5. The minimum atomic E-state index is -4.57. The first-order chi connectivity index (χ1) is 9.29. The fraction of sp³-hybridized carbons (Fsp3) is 0.846. The molecule has 2 unspecified atom stereocenters. The molecule has 2 saturated carbocycles. The van der Waals surface area contributed by atoms with Gasteiger partial charge in [0.15, 0.2) is 0 Å². The number of hydrogen-bond acceptors (Lipinski definition) is 2. The summed E-state index contributed by atoms with van der Waals surface area (Å²) in [5, 5.41) is 8.91. The van der Waals surface area contributed by atoms with Crippen LogP contribution in [0.25, 0.3) is 0 Å². The number of alkyl halides is 3. The number of hydrogen-bond donors (Lipinski definition) is 1. The Hall–Kier alpha value is -1.27. The van der Waals surface area contributed by atoms with Crippen molar-refractivity contribution in [1.29, 1.82) is 0 Å². The highest BCUT2D eigenvalue weighted by Crippen LogP contribution is 2.55. The first-order valence-corrected chi connectivity index (χ1v) is 6.87. The Morgan fingerprint density at radius 1 is 1.10 bits per heavy atom. The van der Waals surface area contributed by atoms with Crippen LogP contribution in [0.4, 0.5) is 13.2 Å². The molecule has 2 aliphatic carbocycles. The molecule has 3 fully saturated rings. The standard InChI is InChI=1S/C13H16F3NO3/c14-13(15,16)10-5-17(4-9(10)12(19)20)11(18)8-3-7(8)6-1-2-6/h6-10H,1-5H2,(H,19,20)/t7?,8?,9-,10-/m1/s1. The Bertz CT molecular complexity index is 447. The number of rotatable bonds is 3. The number of aliphatic carboxylic acids is 1. The van der Waals surface area contributed by atoms with Crippen LogP contribution in [-0.2, 0) is 9.59 Å². The molecule has 112 valence electrons. The minimum absolute atomic E-state index is 0.163. The molecular weight excluding hydrogens is 275 g/mol. The maximum atomic E-state index is 12.8. The summed E-state index contributed by atoms with van der Waals surface area (Å²) >= 11 is 0. The molecule has 1 aliphatic heterocycles. The van der Waals surface area contributed by atoms with Gasteiger partial charge in [-0.15, -0.1) is 0 Å². The summed E-state index contributed by atoms with van der Waals surface area (Å²) in [7, 11) is 0. The fourth-order valence-corrected chi connectivity index (χ4v) is 3.34. The molecule has 1 N–H and O–H groups in total. The lowest BCUT2D eigenvalue weighted by Gasteiger charge is -2.18. The molecule has 3 aliphatic rings. The monoisotopic (exact) mass is 291 g/mol. The van der Waals surface area contributed by atoms with Gasteiger partial charge in [-0.2, -0.15) is 13.2 Å². The smallest absolute Gasteiger partial charge is 0.394 e. The van der Waals surface area contributed by atoms with Gasteiger partial charge in [0, 0.05) is 19.0 Å². The highest BCUT2D eigenvalue weighted by Gasteiger charge is 2.57. The molecule has 0 bridgehead atoms. The third-order valence-corrected chi connectivity index (χ3v) is 4.75. The van der Waals surface area contributed by atoms with E-state index >= 15 is 0 Å². The quantitative estimate of drug-likeness (QED) is 0.862. The molecule has 4 nitrogen and oxygen atoms in total. The van der Waals surface area contributed by atoms with Gasteiger partial charge in [0.05, 0.1) is 11.8 Å². The second-order valence-electron chi connectivity index (χ2n) is 6.18. The van der Waals surface area contributed by atoms with Gasteiger partial charge in [0.2, 0.25) is 5.91 Å². The molecule has 1 amide bonds. The molecule has 0 aromatic heterocycles. The number of likely N-dealkylation sites (tertiary alicyclic amines) is 1. The molecule has 0 radical (unpaired) electrons. The zero-order valence-corrected chi connectivity index (χ0v) is 10.8. The van der Waals surface area contributed by atoms with Gasteiger partial charge < -0.3 is 10.0 Å². The predicted molar refractivity (Wildman–Crippen MR) is 61.6 cm³/mol. The molecule has 4 atom stereocenters. The summed E-state index contributed by atoms with van der Waals surface area (Å²) in [6, 6.07) is 0. The van der Waals surface area contributed by atoms with Crippen LogP contribution >= 0.6 is 0 Å². The van der Waals surface area contributed by atoms with E-state index in [0.717, 1.165) is 24.2 Å². The molecule has 0 aromatic rings. The van der Waals surface area contributed by atoms with Crippen molar-refractivity contribution in [2.75, 3.05) is 13.1 Å². The van der Waals surface area contributed by atoms with Gasteiger partial charge in [-0.1, -0.05) is 0 Å². The number of carboxylic acid groups (broad SMARTS) is 1. The lowest BCUT2D eigenvalue weighted by Crippen LogP contribution is -2.34. The number of halogens is 3. The van der Waals surface area contributed by atoms with Crippen molar-refractivity contribution in [3.05, 3.63) is 0 Å². The third-order valence-electron chi connectivity index (χ3n) is 4.75. The van der Waals surface area contributed by atoms with E-state index in [1.54, 1.807) is 0 Å². The fourth-order valence-electron chi connectivity index (χ4n) is 3.34. The molecule has 1 heterocycles. The van der Waals surface area contributed by atoms with Gasteiger partial charge in [-0.05, 0) is 31.1 Å². The van der Waals surface area contributed by atoms with Crippen molar-refractivity contribution in [3.63, 3.8) is 0 Å². The second-order valence-corrected chi connectivity index (χ2v) is 6.18. The van der Waals surface area contributed by atoms with Crippen LogP contribution in [0.15, 0.2) is 0 Å². The van der Waals surface area contributed by atoms with Crippen LogP contribution in [0.2, 0.25) is 0 Å². The van der Waals surface area contributed by atoms with E-state index in [9.17, 15) is 22.8 Å². The average molecular weight is 291 g/mol. The zero-order chi connectivity index (χ0) is 14.7. The van der Waals surface area contributed by atoms with E-state index < -0.39 is 30.5 Å². The molecule has 0 aromatic carbocycles. The first kappa shape index (κ1) is 13.7. The van der Waals surface area contributed by atoms with Crippen LogP contribution in [-0.4, -0.2) is 41.1 Å². The van der Waals surface area contributed by atoms with E-state index in [4.69, 9.17) is 5.11 Å². The first-order valence-electron chi connectivity index (χ1n) is 6.87. The van der Waals surface area contributed by atoms with Crippen molar-refractivity contribution in [1.82, 2.24) is 4.90 Å². The topological polar surface area (TPSA) is 57.6 Å². The Morgan fingerprint density at radius 2 is 1.75 bits per heavy atom. The molecule has 7 heteroatoms. The number of nitrogens with zero attached hydrogens (tertiary/aromatic N) is 1. The molecule has 1 saturated heterocycles. The van der Waals surface area contributed by atoms with E-state index in [1.165, 1.54) is 0 Å². The lowest BCUT2D eigenvalue weighted by molar-refractivity contribution is -0.188. The Kier molecular flexibility index (Phi) is 2.99. The van der Waals surface area contributed by atoms with E-state index in [0.29, 0.717) is 11.8 Å².